The maximum atomic E-state index is 10.9. The largest absolute Gasteiger partial charge is 0.480 e. The van der Waals surface area contributed by atoms with Crippen molar-refractivity contribution in [2.24, 2.45) is 0 Å². The second kappa shape index (κ2) is 6.45. The van der Waals surface area contributed by atoms with Gasteiger partial charge < -0.3 is 15.2 Å². The highest BCUT2D eigenvalue weighted by Crippen LogP contribution is 2.09. The number of aromatic nitrogens is 2. The number of aliphatic carboxylic acids is 1. The van der Waals surface area contributed by atoms with E-state index in [1.54, 1.807) is 0 Å². The van der Waals surface area contributed by atoms with Crippen LogP contribution < -0.4 is 5.32 Å². The van der Waals surface area contributed by atoms with Gasteiger partial charge in [-0.3, -0.25) is 10.1 Å². The molecule has 0 spiro atoms. The van der Waals surface area contributed by atoms with Gasteiger partial charge in [-0.1, -0.05) is 0 Å². The number of methoxy groups -OCH3 is 1. The number of nitro groups is 1. The molecular weight excluding hydrogens is 244 g/mol. The van der Waals surface area contributed by atoms with E-state index in [1.165, 1.54) is 7.11 Å². The van der Waals surface area contributed by atoms with Gasteiger partial charge in [0, 0.05) is 20.1 Å². The molecule has 98 valence electrons. The van der Waals surface area contributed by atoms with Gasteiger partial charge in [-0.05, 0) is 0 Å². The van der Waals surface area contributed by atoms with Crippen molar-refractivity contribution in [1.82, 2.24) is 9.97 Å². The molecule has 0 aliphatic rings. The fourth-order valence-electron chi connectivity index (χ4n) is 1.14. The predicted octanol–water partition coefficient (Wildman–Crippen LogP) is 0.286. The maximum Gasteiger partial charge on any atom is 0.326 e. The van der Waals surface area contributed by atoms with Crippen LogP contribution in [0.15, 0.2) is 12.4 Å². The van der Waals surface area contributed by atoms with Gasteiger partial charge in [0.2, 0.25) is 5.95 Å². The molecule has 9 heteroatoms. The summed E-state index contributed by atoms with van der Waals surface area (Å²) in [5.74, 6) is -1.06. The number of carbonyl (C=O) groups is 1. The van der Waals surface area contributed by atoms with E-state index in [0.29, 0.717) is 0 Å². The zero-order chi connectivity index (χ0) is 13.5. The number of nitrogens with zero attached hydrogens (tertiary/aromatic N) is 3. The summed E-state index contributed by atoms with van der Waals surface area (Å²) in [4.78, 5) is 28.0. The normalized spacial score (nSPS) is 11.8. The molecule has 1 heterocycles. The first-order chi connectivity index (χ1) is 8.54. The zero-order valence-corrected chi connectivity index (χ0v) is 9.57. The molecule has 0 amide bonds. The zero-order valence-electron chi connectivity index (χ0n) is 9.57. The minimum atomic E-state index is -1.07. The van der Waals surface area contributed by atoms with Gasteiger partial charge in [0.05, 0.1) is 4.92 Å². The Kier molecular flexibility index (Phi) is 4.93. The number of hydrogen-bond donors (Lipinski definition) is 2. The average molecular weight is 256 g/mol. The van der Waals surface area contributed by atoms with Crippen molar-refractivity contribution in [3.8, 4) is 0 Å². The van der Waals surface area contributed by atoms with Crippen LogP contribution in [0, 0.1) is 10.1 Å². The fraction of sp³-hybridized carbons (Fsp3) is 0.444. The summed E-state index contributed by atoms with van der Waals surface area (Å²) in [5.41, 5.74) is -0.260. The first-order valence-corrected chi connectivity index (χ1v) is 4.99. The SMILES string of the molecule is COCCC(Nc1ncc([N+](=O)[O-])cn1)C(=O)O. The molecule has 0 radical (unpaired) electrons. The van der Waals surface area contributed by atoms with Crippen LogP contribution in [0.25, 0.3) is 0 Å². The van der Waals surface area contributed by atoms with E-state index in [-0.39, 0.29) is 24.7 Å². The molecule has 2 N–H and O–H groups in total. The first-order valence-electron chi connectivity index (χ1n) is 4.99. The van der Waals surface area contributed by atoms with Crippen LogP contribution in [0.3, 0.4) is 0 Å². The summed E-state index contributed by atoms with van der Waals surface area (Å²) < 4.78 is 4.78. The smallest absolute Gasteiger partial charge is 0.326 e. The Morgan fingerprint density at radius 1 is 1.61 bits per heavy atom. The van der Waals surface area contributed by atoms with E-state index in [2.05, 4.69) is 15.3 Å². The van der Waals surface area contributed by atoms with Crippen LogP contribution in [0.1, 0.15) is 6.42 Å². The summed E-state index contributed by atoms with van der Waals surface area (Å²) in [6.07, 6.45) is 2.24. The highest BCUT2D eigenvalue weighted by atomic mass is 16.6. The van der Waals surface area contributed by atoms with Gasteiger partial charge in [-0.2, -0.15) is 0 Å². The highest BCUT2D eigenvalue weighted by molar-refractivity contribution is 5.76. The molecule has 0 saturated heterocycles. The first kappa shape index (κ1) is 13.8. The van der Waals surface area contributed by atoms with Crippen molar-refractivity contribution in [3.05, 3.63) is 22.5 Å². The van der Waals surface area contributed by atoms with E-state index in [4.69, 9.17) is 9.84 Å². The molecule has 0 aromatic carbocycles. The van der Waals surface area contributed by atoms with Crippen molar-refractivity contribution in [2.45, 2.75) is 12.5 Å². The van der Waals surface area contributed by atoms with Crippen LogP contribution >= 0.6 is 0 Å². The third-order valence-corrected chi connectivity index (χ3v) is 2.06. The predicted molar refractivity (Wildman–Crippen MR) is 60.2 cm³/mol. The lowest BCUT2D eigenvalue weighted by Crippen LogP contribution is -2.31. The maximum absolute atomic E-state index is 10.9. The lowest BCUT2D eigenvalue weighted by molar-refractivity contribution is -0.385. The lowest BCUT2D eigenvalue weighted by Gasteiger charge is -2.13. The second-order valence-corrected chi connectivity index (χ2v) is 3.34. The van der Waals surface area contributed by atoms with E-state index >= 15 is 0 Å². The molecule has 0 saturated carbocycles. The quantitative estimate of drug-likeness (QED) is 0.526. The summed E-state index contributed by atoms with van der Waals surface area (Å²) >= 11 is 0. The van der Waals surface area contributed by atoms with Crippen molar-refractivity contribution in [3.63, 3.8) is 0 Å². The molecule has 1 rings (SSSR count). The standard InChI is InChI=1S/C9H12N4O5/c1-18-3-2-7(8(14)15)12-9-10-4-6(5-11-9)13(16)17/h4-5,7H,2-3H2,1H3,(H,14,15)(H,10,11,12). The van der Waals surface area contributed by atoms with E-state index in [0.717, 1.165) is 12.4 Å². The third kappa shape index (κ3) is 3.94. The molecule has 1 atom stereocenters. The highest BCUT2D eigenvalue weighted by Gasteiger charge is 2.18. The molecule has 0 fully saturated rings. The molecular formula is C9H12N4O5. The summed E-state index contributed by atoms with van der Waals surface area (Å²) in [7, 11) is 1.46. The molecule has 18 heavy (non-hydrogen) atoms. The Balaban J connectivity index is 2.68. The van der Waals surface area contributed by atoms with Crippen LogP contribution in [-0.2, 0) is 9.53 Å². The molecule has 0 aliphatic carbocycles. The molecule has 9 nitrogen and oxygen atoms in total. The van der Waals surface area contributed by atoms with Crippen molar-refractivity contribution < 1.29 is 19.6 Å². The topological polar surface area (TPSA) is 127 Å². The van der Waals surface area contributed by atoms with Crippen molar-refractivity contribution in [1.29, 1.82) is 0 Å². The summed E-state index contributed by atoms with van der Waals surface area (Å²) in [6.45, 7) is 0.261. The van der Waals surface area contributed by atoms with Gasteiger partial charge in [0.25, 0.3) is 0 Å². The Morgan fingerprint density at radius 3 is 2.67 bits per heavy atom. The van der Waals surface area contributed by atoms with Gasteiger partial charge in [-0.15, -0.1) is 0 Å². The molecule has 1 aromatic rings. The second-order valence-electron chi connectivity index (χ2n) is 3.34. The summed E-state index contributed by atoms with van der Waals surface area (Å²) in [5, 5.41) is 21.9. The Morgan fingerprint density at radius 2 is 2.22 bits per heavy atom. The molecule has 0 aliphatic heterocycles. The Hall–Kier alpha value is -2.29. The number of carboxylic acid groups (broad SMARTS) is 1. The van der Waals surface area contributed by atoms with Gasteiger partial charge in [0.15, 0.2) is 0 Å². The lowest BCUT2D eigenvalue weighted by atomic mass is 10.2. The number of nitrogens with one attached hydrogen (secondary N) is 1. The van der Waals surface area contributed by atoms with Crippen molar-refractivity contribution >= 4 is 17.6 Å². The van der Waals surface area contributed by atoms with Crippen LogP contribution in [-0.4, -0.2) is 45.7 Å². The number of rotatable bonds is 7. The molecule has 0 bridgehead atoms. The molecule has 1 unspecified atom stereocenters. The number of carboxylic acids is 1. The van der Waals surface area contributed by atoms with Gasteiger partial charge >= 0.3 is 11.7 Å². The van der Waals surface area contributed by atoms with E-state index in [9.17, 15) is 14.9 Å². The van der Waals surface area contributed by atoms with Crippen LogP contribution in [0.2, 0.25) is 0 Å². The minimum Gasteiger partial charge on any atom is -0.480 e. The van der Waals surface area contributed by atoms with E-state index < -0.39 is 16.9 Å². The van der Waals surface area contributed by atoms with Crippen molar-refractivity contribution in [2.75, 3.05) is 19.0 Å². The van der Waals surface area contributed by atoms with E-state index in [1.807, 2.05) is 0 Å². The van der Waals surface area contributed by atoms with Gasteiger partial charge in [-0.25, -0.2) is 14.8 Å². The number of hydrogen-bond acceptors (Lipinski definition) is 7. The monoisotopic (exact) mass is 256 g/mol. The Bertz CT molecular complexity index is 421. The average Bonchev–Trinajstić information content (AvgIpc) is 2.34. The van der Waals surface area contributed by atoms with Gasteiger partial charge in [0.1, 0.15) is 18.4 Å². The number of anilines is 1. The number of ether oxygens (including phenoxy) is 1. The fourth-order valence-corrected chi connectivity index (χ4v) is 1.14. The minimum absolute atomic E-state index is 0.0177. The van der Waals surface area contributed by atoms with Crippen LogP contribution in [0.5, 0.6) is 0 Å². The summed E-state index contributed by atoms with van der Waals surface area (Å²) in [6, 6.07) is -0.911. The van der Waals surface area contributed by atoms with Crippen LogP contribution in [0.4, 0.5) is 11.6 Å². The molecule has 1 aromatic heterocycles. The Labute approximate surface area is 102 Å². The third-order valence-electron chi connectivity index (χ3n) is 2.06.